The molecule has 0 radical (unpaired) electrons. The predicted octanol–water partition coefficient (Wildman–Crippen LogP) is 2.56. The highest BCUT2D eigenvalue weighted by molar-refractivity contribution is 5.83. The second kappa shape index (κ2) is 5.73. The molecule has 0 spiro atoms. The van der Waals surface area contributed by atoms with Gasteiger partial charge in [0.1, 0.15) is 18.0 Å². The standard InChI is InChI=1S/C16H14FN7/c1-24-9-18-16(23-24)21-15-7-14-11(8-19-22-14)13(20-15)6-10-4-2-3-5-12(10)17/h2-5,7-9H,6H2,1H3,(H,19,22)(H,20,21,23). The van der Waals surface area contributed by atoms with Crippen molar-refractivity contribution in [2.24, 2.45) is 7.05 Å². The summed E-state index contributed by atoms with van der Waals surface area (Å²) in [6, 6.07) is 8.50. The fourth-order valence-corrected chi connectivity index (χ4v) is 2.54. The van der Waals surface area contributed by atoms with Crippen molar-refractivity contribution in [2.75, 3.05) is 5.32 Å². The third kappa shape index (κ3) is 2.69. The number of hydrogen-bond acceptors (Lipinski definition) is 5. The number of pyridine rings is 1. The second-order valence-electron chi connectivity index (χ2n) is 5.42. The van der Waals surface area contributed by atoms with Crippen molar-refractivity contribution in [3.05, 3.63) is 59.9 Å². The molecule has 0 saturated heterocycles. The number of nitrogens with one attached hydrogen (secondary N) is 2. The maximum absolute atomic E-state index is 14.0. The third-order valence-electron chi connectivity index (χ3n) is 3.67. The van der Waals surface area contributed by atoms with Crippen LogP contribution in [-0.4, -0.2) is 29.9 Å². The van der Waals surface area contributed by atoms with Gasteiger partial charge in [-0.1, -0.05) is 18.2 Å². The normalized spacial score (nSPS) is 11.1. The van der Waals surface area contributed by atoms with Gasteiger partial charge in [-0.2, -0.15) is 5.10 Å². The molecule has 0 aliphatic heterocycles. The summed E-state index contributed by atoms with van der Waals surface area (Å²) in [6.45, 7) is 0. The summed E-state index contributed by atoms with van der Waals surface area (Å²) in [6.07, 6.45) is 3.66. The van der Waals surface area contributed by atoms with Crippen LogP contribution in [0.1, 0.15) is 11.3 Å². The van der Waals surface area contributed by atoms with E-state index < -0.39 is 0 Å². The number of H-pyrrole nitrogens is 1. The monoisotopic (exact) mass is 323 g/mol. The minimum Gasteiger partial charge on any atom is -0.307 e. The first-order valence-corrected chi connectivity index (χ1v) is 7.38. The Kier molecular flexibility index (Phi) is 3.42. The Morgan fingerprint density at radius 1 is 1.29 bits per heavy atom. The SMILES string of the molecule is Cn1cnc(Nc2cc3[nH]ncc3c(Cc3ccccc3F)n2)n1. The van der Waals surface area contributed by atoms with E-state index in [0.29, 0.717) is 23.8 Å². The van der Waals surface area contributed by atoms with Gasteiger partial charge in [0.15, 0.2) is 0 Å². The predicted molar refractivity (Wildman–Crippen MR) is 87.4 cm³/mol. The van der Waals surface area contributed by atoms with Gasteiger partial charge in [0.2, 0.25) is 5.95 Å². The Morgan fingerprint density at radius 3 is 2.96 bits per heavy atom. The number of benzene rings is 1. The van der Waals surface area contributed by atoms with Crippen LogP contribution in [0.2, 0.25) is 0 Å². The van der Waals surface area contributed by atoms with Crippen LogP contribution in [0.25, 0.3) is 10.9 Å². The molecular weight excluding hydrogens is 309 g/mol. The number of rotatable bonds is 4. The molecule has 3 aromatic heterocycles. The van der Waals surface area contributed by atoms with E-state index in [2.05, 4.69) is 30.6 Å². The van der Waals surface area contributed by atoms with Gasteiger partial charge >= 0.3 is 0 Å². The Hall–Kier alpha value is -3.29. The molecule has 0 amide bonds. The van der Waals surface area contributed by atoms with Crippen molar-refractivity contribution in [3.63, 3.8) is 0 Å². The highest BCUT2D eigenvalue weighted by Crippen LogP contribution is 2.23. The number of fused-ring (bicyclic) bond motifs is 1. The van der Waals surface area contributed by atoms with E-state index in [-0.39, 0.29) is 5.82 Å². The highest BCUT2D eigenvalue weighted by Gasteiger charge is 2.12. The van der Waals surface area contributed by atoms with Crippen LogP contribution in [0, 0.1) is 5.82 Å². The van der Waals surface area contributed by atoms with Gasteiger partial charge in [-0.3, -0.25) is 9.78 Å². The van der Waals surface area contributed by atoms with Crippen LogP contribution in [0.3, 0.4) is 0 Å². The lowest BCUT2D eigenvalue weighted by molar-refractivity contribution is 0.613. The number of aryl methyl sites for hydroxylation is 1. The van der Waals surface area contributed by atoms with Crippen molar-refractivity contribution >= 4 is 22.7 Å². The van der Waals surface area contributed by atoms with Crippen LogP contribution in [0.15, 0.2) is 42.9 Å². The third-order valence-corrected chi connectivity index (χ3v) is 3.67. The average molecular weight is 323 g/mol. The Labute approximate surface area is 136 Å². The maximum Gasteiger partial charge on any atom is 0.247 e. The topological polar surface area (TPSA) is 84.3 Å². The van der Waals surface area contributed by atoms with Crippen LogP contribution < -0.4 is 5.32 Å². The molecule has 0 aliphatic carbocycles. The summed E-state index contributed by atoms with van der Waals surface area (Å²) < 4.78 is 15.6. The fraction of sp³-hybridized carbons (Fsp3) is 0.125. The van der Waals surface area contributed by atoms with Crippen molar-refractivity contribution < 1.29 is 4.39 Å². The summed E-state index contributed by atoms with van der Waals surface area (Å²) in [5.41, 5.74) is 2.13. The van der Waals surface area contributed by atoms with E-state index in [9.17, 15) is 4.39 Å². The summed E-state index contributed by atoms with van der Waals surface area (Å²) in [5, 5.41) is 15.1. The van der Waals surface area contributed by atoms with Gasteiger partial charge in [-0.05, 0) is 11.6 Å². The first-order valence-electron chi connectivity index (χ1n) is 7.38. The Balaban J connectivity index is 1.73. The first-order chi connectivity index (χ1) is 11.7. The van der Waals surface area contributed by atoms with E-state index in [1.807, 2.05) is 12.1 Å². The Morgan fingerprint density at radius 2 is 2.17 bits per heavy atom. The number of aromatic amines is 1. The van der Waals surface area contributed by atoms with Gasteiger partial charge in [-0.15, -0.1) is 5.10 Å². The number of nitrogens with zero attached hydrogens (tertiary/aromatic N) is 5. The fourth-order valence-electron chi connectivity index (χ4n) is 2.54. The van der Waals surface area contributed by atoms with Crippen molar-refractivity contribution in [1.29, 1.82) is 0 Å². The van der Waals surface area contributed by atoms with Crippen LogP contribution in [0.4, 0.5) is 16.2 Å². The van der Waals surface area contributed by atoms with Gasteiger partial charge in [0.25, 0.3) is 0 Å². The lowest BCUT2D eigenvalue weighted by Crippen LogP contribution is -2.01. The molecule has 0 atom stereocenters. The van der Waals surface area contributed by atoms with Gasteiger partial charge in [-0.25, -0.2) is 14.4 Å². The highest BCUT2D eigenvalue weighted by atomic mass is 19.1. The summed E-state index contributed by atoms with van der Waals surface area (Å²) in [4.78, 5) is 8.71. The molecule has 4 rings (SSSR count). The smallest absolute Gasteiger partial charge is 0.247 e. The largest absolute Gasteiger partial charge is 0.307 e. The zero-order valence-corrected chi connectivity index (χ0v) is 12.9. The van der Waals surface area contributed by atoms with Crippen LogP contribution in [0.5, 0.6) is 0 Å². The molecular formula is C16H14FN7. The maximum atomic E-state index is 14.0. The van der Waals surface area contributed by atoms with Crippen LogP contribution >= 0.6 is 0 Å². The molecule has 1 aromatic carbocycles. The van der Waals surface area contributed by atoms with E-state index in [4.69, 9.17) is 0 Å². The molecule has 120 valence electrons. The summed E-state index contributed by atoms with van der Waals surface area (Å²) in [7, 11) is 1.79. The first kappa shape index (κ1) is 14.3. The molecule has 0 fully saturated rings. The van der Waals surface area contributed by atoms with Crippen molar-refractivity contribution in [3.8, 4) is 0 Å². The summed E-state index contributed by atoms with van der Waals surface area (Å²) in [5.74, 6) is 0.769. The van der Waals surface area contributed by atoms with Crippen molar-refractivity contribution in [1.82, 2.24) is 29.9 Å². The van der Waals surface area contributed by atoms with E-state index in [1.165, 1.54) is 6.07 Å². The van der Waals surface area contributed by atoms with Gasteiger partial charge in [0.05, 0.1) is 17.4 Å². The van der Waals surface area contributed by atoms with E-state index in [1.54, 1.807) is 36.4 Å². The minimum atomic E-state index is -0.249. The number of aromatic nitrogens is 6. The number of halogens is 1. The molecule has 0 bridgehead atoms. The molecule has 24 heavy (non-hydrogen) atoms. The molecule has 7 nitrogen and oxygen atoms in total. The van der Waals surface area contributed by atoms with Crippen molar-refractivity contribution in [2.45, 2.75) is 6.42 Å². The zero-order valence-electron chi connectivity index (χ0n) is 12.9. The van der Waals surface area contributed by atoms with Crippen LogP contribution in [-0.2, 0) is 13.5 Å². The van der Waals surface area contributed by atoms with E-state index in [0.717, 1.165) is 16.6 Å². The second-order valence-corrected chi connectivity index (χ2v) is 5.42. The zero-order chi connectivity index (χ0) is 16.5. The summed E-state index contributed by atoms with van der Waals surface area (Å²) >= 11 is 0. The molecule has 3 heterocycles. The van der Waals surface area contributed by atoms with Gasteiger partial charge < -0.3 is 5.32 Å². The average Bonchev–Trinajstić information content (AvgIpc) is 3.18. The van der Waals surface area contributed by atoms with E-state index >= 15 is 0 Å². The lowest BCUT2D eigenvalue weighted by Gasteiger charge is -2.07. The number of anilines is 2. The quantitative estimate of drug-likeness (QED) is 0.603. The number of hydrogen-bond donors (Lipinski definition) is 2. The molecule has 0 unspecified atom stereocenters. The molecule has 2 N–H and O–H groups in total. The lowest BCUT2D eigenvalue weighted by atomic mass is 10.1. The molecule has 0 aliphatic rings. The molecule has 8 heteroatoms. The molecule has 4 aromatic rings. The molecule has 0 saturated carbocycles. The minimum absolute atomic E-state index is 0.249. The Bertz CT molecular complexity index is 1000. The van der Waals surface area contributed by atoms with Gasteiger partial charge in [0, 0.05) is 24.9 Å².